The third-order valence-corrected chi connectivity index (χ3v) is 4.68. The first kappa shape index (κ1) is 19.8. The van der Waals surface area contributed by atoms with Crippen molar-refractivity contribution < 1.29 is 27.5 Å². The first-order valence-electron chi connectivity index (χ1n) is 8.21. The van der Waals surface area contributed by atoms with Gasteiger partial charge in [-0.15, -0.1) is 22.0 Å². The zero-order chi connectivity index (χ0) is 20.1. The lowest BCUT2D eigenvalue weighted by Crippen LogP contribution is -2.11. The van der Waals surface area contributed by atoms with E-state index in [0.717, 1.165) is 30.0 Å². The van der Waals surface area contributed by atoms with Crippen LogP contribution in [0.5, 0.6) is 5.75 Å². The van der Waals surface area contributed by atoms with Crippen molar-refractivity contribution >= 4 is 17.7 Å². The van der Waals surface area contributed by atoms with Crippen molar-refractivity contribution in [3.05, 3.63) is 60.0 Å². The van der Waals surface area contributed by atoms with Crippen LogP contribution in [-0.4, -0.2) is 29.0 Å². The van der Waals surface area contributed by atoms with Crippen molar-refractivity contribution in [1.29, 1.82) is 0 Å². The number of carbonyl (C=O) groups excluding carboxylic acids is 1. The summed E-state index contributed by atoms with van der Waals surface area (Å²) in [6, 6.07) is 10.1. The molecule has 0 amide bonds. The van der Waals surface area contributed by atoms with Crippen LogP contribution in [0.1, 0.15) is 18.9 Å². The molecule has 1 heterocycles. The maximum absolute atomic E-state index is 13.6. The molecule has 0 aliphatic carbocycles. The van der Waals surface area contributed by atoms with Crippen molar-refractivity contribution in [3.63, 3.8) is 0 Å². The number of methoxy groups -OCH3 is 1. The number of aromatic nitrogens is 2. The average Bonchev–Trinajstić information content (AvgIpc) is 3.19. The molecule has 0 spiro atoms. The molecule has 0 aliphatic rings. The number of thioether (sulfide) groups is 1. The largest absolute Gasteiger partial charge is 0.497 e. The topological polar surface area (TPSA) is 74.5 Å². The van der Waals surface area contributed by atoms with Gasteiger partial charge in [-0.05, 0) is 49.4 Å². The summed E-state index contributed by atoms with van der Waals surface area (Å²) in [4.78, 5) is 12.0. The number of nitrogens with zero attached hydrogens (tertiary/aromatic N) is 2. The maximum Gasteiger partial charge on any atom is 0.317 e. The fraction of sp³-hybridized carbons (Fsp3) is 0.211. The summed E-state index contributed by atoms with van der Waals surface area (Å²) in [5.41, 5.74) is 0.690. The molecule has 3 rings (SSSR count). The number of benzene rings is 2. The van der Waals surface area contributed by atoms with Gasteiger partial charge in [-0.1, -0.05) is 0 Å². The third kappa shape index (κ3) is 4.86. The van der Waals surface area contributed by atoms with Crippen LogP contribution in [-0.2, 0) is 9.53 Å². The summed E-state index contributed by atoms with van der Waals surface area (Å²) in [5.74, 6) is -0.901. The zero-order valence-electron chi connectivity index (χ0n) is 15.0. The molecule has 0 bridgehead atoms. The summed E-state index contributed by atoms with van der Waals surface area (Å²) >= 11 is 0.844. The summed E-state index contributed by atoms with van der Waals surface area (Å²) in [7, 11) is 1.57. The van der Waals surface area contributed by atoms with E-state index in [-0.39, 0.29) is 22.4 Å². The average molecular weight is 406 g/mol. The molecule has 0 unspecified atom stereocenters. The van der Waals surface area contributed by atoms with Gasteiger partial charge in [0.1, 0.15) is 17.4 Å². The van der Waals surface area contributed by atoms with E-state index in [4.69, 9.17) is 13.9 Å². The smallest absolute Gasteiger partial charge is 0.317 e. The first-order chi connectivity index (χ1) is 13.5. The van der Waals surface area contributed by atoms with Crippen LogP contribution < -0.4 is 4.74 Å². The number of carbonyl (C=O) groups is 1. The lowest BCUT2D eigenvalue weighted by molar-refractivity contribution is -0.146. The van der Waals surface area contributed by atoms with Gasteiger partial charge in [-0.3, -0.25) is 4.79 Å². The van der Waals surface area contributed by atoms with Gasteiger partial charge in [-0.25, -0.2) is 8.78 Å². The van der Waals surface area contributed by atoms with E-state index in [1.165, 1.54) is 0 Å². The fourth-order valence-electron chi connectivity index (χ4n) is 2.26. The van der Waals surface area contributed by atoms with Crippen LogP contribution in [0.4, 0.5) is 8.78 Å². The van der Waals surface area contributed by atoms with Crippen LogP contribution >= 0.6 is 11.8 Å². The van der Waals surface area contributed by atoms with E-state index < -0.39 is 23.7 Å². The molecule has 0 N–H and O–H groups in total. The van der Waals surface area contributed by atoms with Crippen LogP contribution in [0.15, 0.2) is 51.8 Å². The first-order valence-corrected chi connectivity index (χ1v) is 9.20. The Bertz CT molecular complexity index is 963. The molecular weight excluding hydrogens is 390 g/mol. The summed E-state index contributed by atoms with van der Waals surface area (Å²) in [6.45, 7) is 1.58. The Balaban J connectivity index is 1.58. The Morgan fingerprint density at radius 2 is 1.93 bits per heavy atom. The second kappa shape index (κ2) is 8.83. The highest BCUT2D eigenvalue weighted by Gasteiger charge is 2.19. The molecule has 0 aliphatic heterocycles. The Morgan fingerprint density at radius 3 is 2.64 bits per heavy atom. The van der Waals surface area contributed by atoms with E-state index in [2.05, 4.69) is 10.2 Å². The molecular formula is C19H16F2N2O4S. The molecule has 0 saturated carbocycles. The molecule has 28 heavy (non-hydrogen) atoms. The zero-order valence-corrected chi connectivity index (χ0v) is 15.8. The van der Waals surface area contributed by atoms with Crippen LogP contribution in [0, 0.1) is 11.6 Å². The predicted octanol–water partition coefficient (Wildman–Crippen LogP) is 4.42. The number of ether oxygens (including phenoxy) is 2. The summed E-state index contributed by atoms with van der Waals surface area (Å²) in [6.07, 6.45) is -0.787. The molecule has 9 heteroatoms. The summed E-state index contributed by atoms with van der Waals surface area (Å²) < 4.78 is 42.6. The molecule has 1 aromatic heterocycles. The molecule has 1 atom stereocenters. The Labute approximate surface area is 163 Å². The standard InChI is InChI=1S/C19H16F2N2O4S/c1-11(26-17(24)10-28-16-9-13(20)5-8-15(16)21)18-22-23-19(27-18)12-3-6-14(25-2)7-4-12/h3-9,11H,10H2,1-2H3/t11-/m1/s1. The maximum atomic E-state index is 13.6. The van der Waals surface area contributed by atoms with E-state index in [9.17, 15) is 13.6 Å². The monoisotopic (exact) mass is 406 g/mol. The minimum absolute atomic E-state index is 0.0317. The fourth-order valence-corrected chi connectivity index (χ4v) is 3.00. The molecule has 0 saturated heterocycles. The lowest BCUT2D eigenvalue weighted by Gasteiger charge is -2.09. The number of rotatable bonds is 7. The van der Waals surface area contributed by atoms with E-state index >= 15 is 0 Å². The second-order valence-electron chi connectivity index (χ2n) is 5.67. The molecule has 0 radical (unpaired) electrons. The molecule has 3 aromatic rings. The van der Waals surface area contributed by atoms with Gasteiger partial charge in [0.15, 0.2) is 6.10 Å². The summed E-state index contributed by atoms with van der Waals surface area (Å²) in [5, 5.41) is 7.83. The minimum atomic E-state index is -0.787. The van der Waals surface area contributed by atoms with Crippen molar-refractivity contribution in [2.75, 3.05) is 12.9 Å². The predicted molar refractivity (Wildman–Crippen MR) is 97.9 cm³/mol. The van der Waals surface area contributed by atoms with Crippen LogP contribution in [0.3, 0.4) is 0 Å². The van der Waals surface area contributed by atoms with Gasteiger partial charge in [0.25, 0.3) is 5.89 Å². The Hall–Kier alpha value is -2.94. The number of hydrogen-bond acceptors (Lipinski definition) is 7. The van der Waals surface area contributed by atoms with Crippen molar-refractivity contribution in [2.24, 2.45) is 0 Å². The van der Waals surface area contributed by atoms with Gasteiger partial charge in [-0.2, -0.15) is 0 Å². The lowest BCUT2D eigenvalue weighted by atomic mass is 10.2. The molecule has 2 aromatic carbocycles. The quantitative estimate of drug-likeness (QED) is 0.425. The Kier molecular flexibility index (Phi) is 6.25. The highest BCUT2D eigenvalue weighted by Crippen LogP contribution is 2.26. The number of halogens is 2. The Morgan fingerprint density at radius 1 is 1.18 bits per heavy atom. The molecule has 0 fully saturated rings. The highest BCUT2D eigenvalue weighted by molar-refractivity contribution is 8.00. The van der Waals surface area contributed by atoms with Gasteiger partial charge >= 0.3 is 5.97 Å². The molecule has 146 valence electrons. The van der Waals surface area contributed by atoms with E-state index in [1.807, 2.05) is 0 Å². The van der Waals surface area contributed by atoms with Gasteiger partial charge in [0.2, 0.25) is 5.89 Å². The molecule has 6 nitrogen and oxygen atoms in total. The van der Waals surface area contributed by atoms with E-state index in [1.54, 1.807) is 38.3 Å². The SMILES string of the molecule is COc1ccc(-c2nnc([C@@H](C)OC(=O)CSc3cc(F)ccc3F)o2)cc1. The van der Waals surface area contributed by atoms with Crippen molar-refractivity contribution in [1.82, 2.24) is 10.2 Å². The second-order valence-corrected chi connectivity index (χ2v) is 6.69. The number of hydrogen-bond donors (Lipinski definition) is 0. The van der Waals surface area contributed by atoms with Crippen molar-refractivity contribution in [3.8, 4) is 17.2 Å². The van der Waals surface area contributed by atoms with Crippen LogP contribution in [0.25, 0.3) is 11.5 Å². The van der Waals surface area contributed by atoms with Crippen LogP contribution in [0.2, 0.25) is 0 Å². The highest BCUT2D eigenvalue weighted by atomic mass is 32.2. The van der Waals surface area contributed by atoms with Gasteiger partial charge < -0.3 is 13.9 Å². The number of esters is 1. The van der Waals surface area contributed by atoms with Crippen molar-refractivity contribution in [2.45, 2.75) is 17.9 Å². The normalized spacial score (nSPS) is 11.9. The third-order valence-electron chi connectivity index (χ3n) is 3.67. The minimum Gasteiger partial charge on any atom is -0.497 e. The van der Waals surface area contributed by atoms with Gasteiger partial charge in [0, 0.05) is 10.5 Å². The van der Waals surface area contributed by atoms with E-state index in [0.29, 0.717) is 11.3 Å². The van der Waals surface area contributed by atoms with Gasteiger partial charge in [0.05, 0.1) is 12.9 Å².